The lowest BCUT2D eigenvalue weighted by atomic mass is 9.91. The molecule has 0 bridgehead atoms. The van der Waals surface area contributed by atoms with Crippen molar-refractivity contribution in [2.24, 2.45) is 0 Å². The van der Waals surface area contributed by atoms with Gasteiger partial charge in [-0.05, 0) is 19.8 Å². The van der Waals surface area contributed by atoms with E-state index >= 15 is 0 Å². The molecular weight excluding hydrogens is 328 g/mol. The maximum atomic E-state index is 11.8. The van der Waals surface area contributed by atoms with Crippen molar-refractivity contribution in [3.63, 3.8) is 0 Å². The first-order valence-corrected chi connectivity index (χ1v) is 9.19. The third-order valence-corrected chi connectivity index (χ3v) is 5.93. The summed E-state index contributed by atoms with van der Waals surface area (Å²) in [6.07, 6.45) is 3.87. The number of esters is 1. The van der Waals surface area contributed by atoms with Crippen molar-refractivity contribution in [2.45, 2.75) is 87.7 Å². The second kappa shape index (κ2) is 5.50. The number of rotatable bonds is 3. The number of hydrogen-bond acceptors (Lipinski definition) is 7. The van der Waals surface area contributed by atoms with E-state index in [4.69, 9.17) is 28.4 Å². The summed E-state index contributed by atoms with van der Waals surface area (Å²) in [4.78, 5) is 11.8. The largest absolute Gasteiger partial charge is 0.459 e. The van der Waals surface area contributed by atoms with E-state index in [1.54, 1.807) is 6.92 Å². The van der Waals surface area contributed by atoms with E-state index in [1.807, 2.05) is 0 Å². The van der Waals surface area contributed by atoms with E-state index in [9.17, 15) is 4.79 Å². The van der Waals surface area contributed by atoms with Gasteiger partial charge in [0.2, 0.25) is 0 Å². The summed E-state index contributed by atoms with van der Waals surface area (Å²) < 4.78 is 36.2. The van der Waals surface area contributed by atoms with E-state index in [0.29, 0.717) is 5.57 Å². The molecule has 3 aliphatic heterocycles. The summed E-state index contributed by atoms with van der Waals surface area (Å²) in [6.45, 7) is 5.32. The Balaban J connectivity index is 1.35. The van der Waals surface area contributed by atoms with Crippen LogP contribution in [-0.4, -0.2) is 54.9 Å². The standard InChI is InChI=1S/C18H24O7/c1-10(2)15(19)20-9-11-12-13(23-17(22-12)5-3-6-17)14-16(21-11)25-18(24-14)7-4-8-18/h11-14,16H,1,3-9H2,2H3/t11-,12-,13+,14-,16-/m1/s1. The van der Waals surface area contributed by atoms with Crippen LogP contribution >= 0.6 is 0 Å². The zero-order valence-corrected chi connectivity index (χ0v) is 14.4. The zero-order valence-electron chi connectivity index (χ0n) is 14.4. The molecule has 0 aromatic heterocycles. The summed E-state index contributed by atoms with van der Waals surface area (Å²) in [7, 11) is 0. The van der Waals surface area contributed by atoms with Crippen molar-refractivity contribution in [3.05, 3.63) is 12.2 Å². The van der Waals surface area contributed by atoms with Gasteiger partial charge in [0.25, 0.3) is 0 Å². The molecule has 0 unspecified atom stereocenters. The Morgan fingerprint density at radius 2 is 1.60 bits per heavy atom. The van der Waals surface area contributed by atoms with E-state index in [0.717, 1.165) is 38.5 Å². The van der Waals surface area contributed by atoms with E-state index in [2.05, 4.69) is 6.58 Å². The Bertz CT molecular complexity index is 594. The van der Waals surface area contributed by atoms with Gasteiger partial charge in [0.1, 0.15) is 31.0 Å². The van der Waals surface area contributed by atoms with Crippen LogP contribution in [0, 0.1) is 0 Å². The van der Waals surface area contributed by atoms with Crippen LogP contribution in [0.2, 0.25) is 0 Å². The van der Waals surface area contributed by atoms with Gasteiger partial charge in [-0.15, -0.1) is 0 Å². The maximum Gasteiger partial charge on any atom is 0.333 e. The Kier molecular flexibility index (Phi) is 3.57. The van der Waals surface area contributed by atoms with Gasteiger partial charge in [-0.1, -0.05) is 6.58 Å². The molecule has 5 fully saturated rings. The van der Waals surface area contributed by atoms with Crippen LogP contribution in [0.1, 0.15) is 45.4 Å². The average Bonchev–Trinajstić information content (AvgIpc) is 3.10. The van der Waals surface area contributed by atoms with Crippen LogP contribution in [0.3, 0.4) is 0 Å². The smallest absolute Gasteiger partial charge is 0.333 e. The van der Waals surface area contributed by atoms with Crippen LogP contribution in [0.15, 0.2) is 12.2 Å². The highest BCUT2D eigenvalue weighted by atomic mass is 16.9. The Hall–Kier alpha value is -0.990. The SMILES string of the molecule is C=C(C)C(=O)OC[C@H]1O[C@@H]2OC3(CCC3)O[C@@H]2[C@H]2OC3(CCC3)O[C@@H]21. The molecule has 3 saturated heterocycles. The predicted molar refractivity (Wildman–Crippen MR) is 83.3 cm³/mol. The topological polar surface area (TPSA) is 72.5 Å². The lowest BCUT2D eigenvalue weighted by Gasteiger charge is -2.37. The van der Waals surface area contributed by atoms with Gasteiger partial charge in [0.05, 0.1) is 0 Å². The molecule has 7 nitrogen and oxygen atoms in total. The van der Waals surface area contributed by atoms with Gasteiger partial charge in [-0.3, -0.25) is 0 Å². The highest BCUT2D eigenvalue weighted by Crippen LogP contribution is 2.53. The van der Waals surface area contributed by atoms with Crippen LogP contribution in [0.25, 0.3) is 0 Å². The number of ether oxygens (including phenoxy) is 6. The number of hydrogen-bond donors (Lipinski definition) is 0. The minimum absolute atomic E-state index is 0.0892. The minimum Gasteiger partial charge on any atom is -0.459 e. The van der Waals surface area contributed by atoms with Gasteiger partial charge in [-0.2, -0.15) is 0 Å². The van der Waals surface area contributed by atoms with Crippen LogP contribution in [-0.2, 0) is 33.2 Å². The van der Waals surface area contributed by atoms with Crippen molar-refractivity contribution in [3.8, 4) is 0 Å². The molecule has 0 N–H and O–H groups in total. The van der Waals surface area contributed by atoms with Crippen molar-refractivity contribution in [2.75, 3.05) is 6.61 Å². The van der Waals surface area contributed by atoms with Crippen molar-refractivity contribution in [1.82, 2.24) is 0 Å². The molecule has 3 heterocycles. The molecule has 0 amide bonds. The van der Waals surface area contributed by atoms with Crippen molar-refractivity contribution in [1.29, 1.82) is 0 Å². The lowest BCUT2D eigenvalue weighted by Crippen LogP contribution is -2.56. The van der Waals surface area contributed by atoms with E-state index in [1.165, 1.54) is 0 Å². The van der Waals surface area contributed by atoms with Crippen LogP contribution < -0.4 is 0 Å². The van der Waals surface area contributed by atoms with Gasteiger partial charge in [-0.25, -0.2) is 4.79 Å². The fourth-order valence-electron chi connectivity index (χ4n) is 4.20. The average molecular weight is 352 g/mol. The molecule has 5 aliphatic rings. The van der Waals surface area contributed by atoms with Gasteiger partial charge >= 0.3 is 5.97 Å². The fraction of sp³-hybridized carbons (Fsp3) is 0.833. The number of carbonyl (C=O) groups is 1. The summed E-state index contributed by atoms with van der Waals surface area (Å²) >= 11 is 0. The van der Waals surface area contributed by atoms with Crippen LogP contribution in [0.4, 0.5) is 0 Å². The second-order valence-electron chi connectivity index (χ2n) is 7.82. The summed E-state index contributed by atoms with van der Waals surface area (Å²) in [6, 6.07) is 0. The van der Waals surface area contributed by atoms with Crippen LogP contribution in [0.5, 0.6) is 0 Å². The molecule has 0 aromatic carbocycles. The molecule has 5 atom stereocenters. The Morgan fingerprint density at radius 1 is 1.00 bits per heavy atom. The lowest BCUT2D eigenvalue weighted by molar-refractivity contribution is -0.270. The van der Waals surface area contributed by atoms with Crippen molar-refractivity contribution >= 4 is 5.97 Å². The summed E-state index contributed by atoms with van der Waals surface area (Å²) in [5.41, 5.74) is 0.359. The molecule has 2 saturated carbocycles. The highest BCUT2D eigenvalue weighted by Gasteiger charge is 2.65. The van der Waals surface area contributed by atoms with Gasteiger partial charge < -0.3 is 28.4 Å². The monoisotopic (exact) mass is 352 g/mol. The predicted octanol–water partition coefficient (Wildman–Crippen LogP) is 1.79. The minimum atomic E-state index is -0.526. The van der Waals surface area contributed by atoms with E-state index < -0.39 is 29.9 Å². The first kappa shape index (κ1) is 16.2. The third-order valence-electron chi connectivity index (χ3n) is 5.93. The molecule has 0 radical (unpaired) electrons. The summed E-state index contributed by atoms with van der Waals surface area (Å²) in [5, 5.41) is 0. The fourth-order valence-corrected chi connectivity index (χ4v) is 4.20. The first-order valence-electron chi connectivity index (χ1n) is 9.19. The molecule has 0 aromatic rings. The quantitative estimate of drug-likeness (QED) is 0.566. The molecule has 25 heavy (non-hydrogen) atoms. The van der Waals surface area contributed by atoms with Gasteiger partial charge in [0.15, 0.2) is 17.9 Å². The zero-order chi connectivity index (χ0) is 17.2. The number of carbonyl (C=O) groups excluding carboxylic acids is 1. The number of fused-ring (bicyclic) bond motifs is 3. The molecule has 2 aliphatic carbocycles. The maximum absolute atomic E-state index is 11.8. The molecule has 138 valence electrons. The van der Waals surface area contributed by atoms with Gasteiger partial charge in [0, 0.05) is 31.3 Å². The Labute approximate surface area is 146 Å². The first-order chi connectivity index (χ1) is 12.0. The normalized spacial score (nSPS) is 42.4. The molecule has 7 heteroatoms. The summed E-state index contributed by atoms with van der Waals surface area (Å²) in [5.74, 6) is -1.48. The highest BCUT2D eigenvalue weighted by molar-refractivity contribution is 5.86. The molecular formula is C18H24O7. The molecule has 2 spiro atoms. The third kappa shape index (κ3) is 2.48. The van der Waals surface area contributed by atoms with E-state index in [-0.39, 0.29) is 24.9 Å². The second-order valence-corrected chi connectivity index (χ2v) is 7.82. The Morgan fingerprint density at radius 3 is 2.20 bits per heavy atom. The van der Waals surface area contributed by atoms with Crippen molar-refractivity contribution < 1.29 is 33.2 Å². The molecule has 5 rings (SSSR count).